The van der Waals surface area contributed by atoms with E-state index in [0.29, 0.717) is 16.9 Å². The monoisotopic (exact) mass is 491 g/mol. The van der Waals surface area contributed by atoms with Crippen molar-refractivity contribution in [3.63, 3.8) is 0 Å². The molecule has 8 nitrogen and oxygen atoms in total. The molecule has 0 unspecified atom stereocenters. The number of carbonyl (C=O) groups excluding carboxylic acids is 1. The molecule has 0 aliphatic carbocycles. The zero-order chi connectivity index (χ0) is 24.2. The van der Waals surface area contributed by atoms with Crippen LogP contribution < -0.4 is 14.3 Å². The zero-order valence-corrected chi connectivity index (χ0v) is 19.5. The number of hydrogen-bond donors (Lipinski definition) is 2. The Labute approximate surface area is 192 Å². The minimum Gasteiger partial charge on any atom is -0.322 e. The second-order valence-electron chi connectivity index (χ2n) is 7.07. The molecule has 0 aliphatic rings. The summed E-state index contributed by atoms with van der Waals surface area (Å²) >= 11 is 0. The van der Waals surface area contributed by atoms with Crippen LogP contribution in [0.15, 0.2) is 77.7 Å². The maximum absolute atomic E-state index is 13.0. The Morgan fingerprint density at radius 1 is 0.848 bits per heavy atom. The highest BCUT2D eigenvalue weighted by molar-refractivity contribution is 7.92. The van der Waals surface area contributed by atoms with Crippen LogP contribution in [0, 0.1) is 5.82 Å². The normalized spacial score (nSPS) is 11.6. The van der Waals surface area contributed by atoms with Crippen LogP contribution in [0.3, 0.4) is 0 Å². The molecule has 1 amide bonds. The lowest BCUT2D eigenvalue weighted by Crippen LogP contribution is -2.29. The van der Waals surface area contributed by atoms with Gasteiger partial charge in [0.2, 0.25) is 10.0 Å². The predicted octanol–water partition coefficient (Wildman–Crippen LogP) is 3.66. The first kappa shape index (κ1) is 24.2. The smallest absolute Gasteiger partial charge is 0.261 e. The van der Waals surface area contributed by atoms with E-state index >= 15 is 0 Å². The average Bonchev–Trinajstić information content (AvgIpc) is 2.75. The first-order valence-corrected chi connectivity index (χ1v) is 13.1. The molecule has 0 aromatic heterocycles. The standard InChI is InChI=1S/C22H22FN3O5S2/c1-3-26(32(2,28)29)20-12-4-16(5-13-20)22(27)24-18-10-14-21(15-11-18)33(30,31)25-19-8-6-17(23)7-9-19/h4-15,25H,3H2,1-2H3,(H,24,27). The molecular weight excluding hydrogens is 469 g/mol. The van der Waals surface area contributed by atoms with Crippen LogP contribution in [-0.4, -0.2) is 35.5 Å². The van der Waals surface area contributed by atoms with Gasteiger partial charge in [-0.2, -0.15) is 0 Å². The number of carbonyl (C=O) groups is 1. The molecule has 3 aromatic rings. The lowest BCUT2D eigenvalue weighted by atomic mass is 10.2. The maximum atomic E-state index is 13.0. The van der Waals surface area contributed by atoms with E-state index in [-0.39, 0.29) is 17.1 Å². The number of rotatable bonds is 8. The second kappa shape index (κ2) is 9.59. The highest BCUT2D eigenvalue weighted by Crippen LogP contribution is 2.21. The summed E-state index contributed by atoms with van der Waals surface area (Å²) in [7, 11) is -7.32. The highest BCUT2D eigenvalue weighted by Gasteiger charge is 2.17. The van der Waals surface area contributed by atoms with Crippen LogP contribution in [0.1, 0.15) is 17.3 Å². The Kier molecular flexibility index (Phi) is 7.04. The Morgan fingerprint density at radius 3 is 1.91 bits per heavy atom. The van der Waals surface area contributed by atoms with E-state index in [2.05, 4.69) is 10.0 Å². The number of halogens is 1. The van der Waals surface area contributed by atoms with Crippen LogP contribution in [-0.2, 0) is 20.0 Å². The quantitative estimate of drug-likeness (QED) is 0.499. The molecule has 174 valence electrons. The Morgan fingerprint density at radius 2 is 1.39 bits per heavy atom. The van der Waals surface area contributed by atoms with Crippen molar-refractivity contribution >= 4 is 43.0 Å². The minimum atomic E-state index is -3.89. The Hall–Kier alpha value is -3.44. The SMILES string of the molecule is CCN(c1ccc(C(=O)Nc2ccc(S(=O)(=O)Nc3ccc(F)cc3)cc2)cc1)S(C)(=O)=O. The Bertz CT molecular complexity index is 1340. The van der Waals surface area contributed by atoms with Crippen LogP contribution in [0.5, 0.6) is 0 Å². The van der Waals surface area contributed by atoms with Crippen molar-refractivity contribution in [2.24, 2.45) is 0 Å². The Balaban J connectivity index is 1.69. The van der Waals surface area contributed by atoms with Gasteiger partial charge < -0.3 is 5.32 Å². The summed E-state index contributed by atoms with van der Waals surface area (Å²) in [4.78, 5) is 12.5. The van der Waals surface area contributed by atoms with Gasteiger partial charge >= 0.3 is 0 Å². The molecule has 3 aromatic carbocycles. The molecule has 0 saturated carbocycles. The number of benzene rings is 3. The van der Waals surface area contributed by atoms with Crippen molar-refractivity contribution < 1.29 is 26.0 Å². The summed E-state index contributed by atoms with van der Waals surface area (Å²) in [5, 5.41) is 2.66. The highest BCUT2D eigenvalue weighted by atomic mass is 32.2. The van der Waals surface area contributed by atoms with Crippen LogP contribution >= 0.6 is 0 Å². The van der Waals surface area contributed by atoms with Crippen molar-refractivity contribution in [1.29, 1.82) is 0 Å². The molecule has 33 heavy (non-hydrogen) atoms. The molecule has 0 heterocycles. The van der Waals surface area contributed by atoms with Gasteiger partial charge in [0, 0.05) is 23.5 Å². The topological polar surface area (TPSA) is 113 Å². The number of amides is 1. The number of nitrogens with zero attached hydrogens (tertiary/aromatic N) is 1. The van der Waals surface area contributed by atoms with Crippen molar-refractivity contribution in [3.8, 4) is 0 Å². The van der Waals surface area contributed by atoms with Gasteiger partial charge in [0.15, 0.2) is 0 Å². The van der Waals surface area contributed by atoms with Gasteiger partial charge in [0.25, 0.3) is 15.9 Å². The predicted molar refractivity (Wildman–Crippen MR) is 126 cm³/mol. The summed E-state index contributed by atoms with van der Waals surface area (Å²) < 4.78 is 65.2. The maximum Gasteiger partial charge on any atom is 0.261 e. The van der Waals surface area contributed by atoms with Crippen LogP contribution in [0.2, 0.25) is 0 Å². The van der Waals surface area contributed by atoms with Gasteiger partial charge in [-0.15, -0.1) is 0 Å². The van der Waals surface area contributed by atoms with Crippen molar-refractivity contribution in [2.75, 3.05) is 27.1 Å². The van der Waals surface area contributed by atoms with Gasteiger partial charge in [0.1, 0.15) is 5.82 Å². The molecule has 2 N–H and O–H groups in total. The molecule has 0 spiro atoms. The summed E-state index contributed by atoms with van der Waals surface area (Å²) in [6.45, 7) is 1.97. The molecule has 0 aliphatic heterocycles. The van der Waals surface area contributed by atoms with Gasteiger partial charge in [-0.05, 0) is 79.7 Å². The lowest BCUT2D eigenvalue weighted by Gasteiger charge is -2.20. The summed E-state index contributed by atoms with van der Waals surface area (Å²) in [6, 6.07) is 16.5. The summed E-state index contributed by atoms with van der Waals surface area (Å²) in [5.41, 5.74) is 1.34. The summed E-state index contributed by atoms with van der Waals surface area (Å²) in [6.07, 6.45) is 1.11. The lowest BCUT2D eigenvalue weighted by molar-refractivity contribution is 0.102. The molecule has 0 fully saturated rings. The molecule has 0 saturated heterocycles. The van der Waals surface area contributed by atoms with Gasteiger partial charge in [-0.1, -0.05) is 0 Å². The van der Waals surface area contributed by atoms with E-state index in [0.717, 1.165) is 18.4 Å². The van der Waals surface area contributed by atoms with Gasteiger partial charge in [0.05, 0.1) is 16.8 Å². The van der Waals surface area contributed by atoms with Gasteiger partial charge in [-0.3, -0.25) is 13.8 Å². The third-order valence-corrected chi connectivity index (χ3v) is 7.29. The number of hydrogen-bond acceptors (Lipinski definition) is 5. The molecule has 11 heteroatoms. The fraction of sp³-hybridized carbons (Fsp3) is 0.136. The third kappa shape index (κ3) is 6.08. The van der Waals surface area contributed by atoms with E-state index in [9.17, 15) is 26.0 Å². The first-order valence-electron chi connectivity index (χ1n) is 9.77. The number of nitrogens with one attached hydrogen (secondary N) is 2. The van der Waals surface area contributed by atoms with Crippen LogP contribution in [0.4, 0.5) is 21.5 Å². The van der Waals surface area contributed by atoms with E-state index in [1.54, 1.807) is 6.92 Å². The fourth-order valence-corrected chi connectivity index (χ4v) is 5.07. The van der Waals surface area contributed by atoms with Gasteiger partial charge in [-0.25, -0.2) is 21.2 Å². The second-order valence-corrected chi connectivity index (χ2v) is 10.7. The molecule has 0 bridgehead atoms. The average molecular weight is 492 g/mol. The molecule has 3 rings (SSSR count). The molecule has 0 radical (unpaired) electrons. The largest absolute Gasteiger partial charge is 0.322 e. The van der Waals surface area contributed by atoms with E-state index < -0.39 is 31.8 Å². The number of sulfonamides is 2. The first-order chi connectivity index (χ1) is 15.5. The van der Waals surface area contributed by atoms with Crippen LogP contribution in [0.25, 0.3) is 0 Å². The fourth-order valence-electron chi connectivity index (χ4n) is 3.04. The zero-order valence-electron chi connectivity index (χ0n) is 17.8. The van der Waals surface area contributed by atoms with E-state index in [1.807, 2.05) is 0 Å². The number of anilines is 3. The molecule has 0 atom stereocenters. The third-order valence-electron chi connectivity index (χ3n) is 4.62. The van der Waals surface area contributed by atoms with Crippen molar-refractivity contribution in [2.45, 2.75) is 11.8 Å². The van der Waals surface area contributed by atoms with Crippen molar-refractivity contribution in [3.05, 3.63) is 84.2 Å². The summed E-state index contributed by atoms with van der Waals surface area (Å²) in [5.74, 6) is -0.922. The van der Waals surface area contributed by atoms with E-state index in [1.165, 1.54) is 65.0 Å². The van der Waals surface area contributed by atoms with E-state index in [4.69, 9.17) is 0 Å². The molecular formula is C22H22FN3O5S2. The minimum absolute atomic E-state index is 0.0328. The van der Waals surface area contributed by atoms with Crippen molar-refractivity contribution in [1.82, 2.24) is 0 Å².